The van der Waals surface area contributed by atoms with Crippen LogP contribution < -0.4 is 20.1 Å². The van der Waals surface area contributed by atoms with Gasteiger partial charge in [0, 0.05) is 0 Å². The molecule has 2 fully saturated rings. The van der Waals surface area contributed by atoms with Crippen molar-refractivity contribution in [1.29, 1.82) is 0 Å². The second-order valence-corrected chi connectivity index (χ2v) is 11.7. The number of rotatable bonds is 6. The predicted octanol–water partition coefficient (Wildman–Crippen LogP) is 6.87. The molecule has 0 aromatic heterocycles. The molecule has 0 heterocycles. The van der Waals surface area contributed by atoms with Gasteiger partial charge in [-0.1, -0.05) is 93.1 Å². The van der Waals surface area contributed by atoms with Crippen LogP contribution in [0.3, 0.4) is 0 Å². The summed E-state index contributed by atoms with van der Waals surface area (Å²) in [7, 11) is 0. The van der Waals surface area contributed by atoms with Gasteiger partial charge in [-0.25, -0.2) is 4.79 Å². The lowest BCUT2D eigenvalue weighted by molar-refractivity contribution is -0.140. The fourth-order valence-electron chi connectivity index (χ4n) is 6.61. The first-order valence-electron chi connectivity index (χ1n) is 15.4. The molecule has 222 valence electrons. The van der Waals surface area contributed by atoms with Gasteiger partial charge < -0.3 is 14.8 Å². The summed E-state index contributed by atoms with van der Waals surface area (Å²) >= 11 is 0. The summed E-state index contributed by atoms with van der Waals surface area (Å²) in [6.07, 6.45) is 8.84. The molecule has 43 heavy (non-hydrogen) atoms. The van der Waals surface area contributed by atoms with Crippen molar-refractivity contribution in [2.45, 2.75) is 70.3 Å². The van der Waals surface area contributed by atoms with Crippen molar-refractivity contribution < 1.29 is 28.7 Å². The van der Waals surface area contributed by atoms with Gasteiger partial charge in [-0.3, -0.25) is 19.7 Å². The first-order chi connectivity index (χ1) is 21.0. The van der Waals surface area contributed by atoms with Gasteiger partial charge in [0.2, 0.25) is 0 Å². The highest BCUT2D eigenvalue weighted by Gasteiger charge is 2.32. The van der Waals surface area contributed by atoms with Crippen LogP contribution in [0.1, 0.15) is 91.7 Å². The Morgan fingerprint density at radius 1 is 0.581 bits per heavy atom. The average molecular weight is 581 g/mol. The maximum atomic E-state index is 13.7. The Kier molecular flexibility index (Phi) is 8.54. The minimum atomic E-state index is -0.824. The maximum absolute atomic E-state index is 13.7. The number of esters is 2. The Hall–Kier alpha value is -4.46. The van der Waals surface area contributed by atoms with Crippen LogP contribution in [0.5, 0.6) is 11.5 Å². The fourth-order valence-corrected chi connectivity index (χ4v) is 6.61. The Labute approximate surface area is 251 Å². The Morgan fingerprint density at radius 3 is 1.53 bits per heavy atom. The lowest BCUT2D eigenvalue weighted by atomic mass is 9.89. The minimum absolute atomic E-state index is 0.0358. The molecular formula is C35H36N2O6. The van der Waals surface area contributed by atoms with Crippen LogP contribution in [0.2, 0.25) is 0 Å². The Balaban J connectivity index is 1.24. The molecule has 8 heteroatoms. The van der Waals surface area contributed by atoms with Gasteiger partial charge >= 0.3 is 18.0 Å². The molecule has 0 saturated heterocycles. The number of urea groups is 1. The van der Waals surface area contributed by atoms with Crippen molar-refractivity contribution in [2.75, 3.05) is 0 Å². The third-order valence-electron chi connectivity index (χ3n) is 8.85. The number of hydrogen-bond donors (Lipinski definition) is 2. The summed E-state index contributed by atoms with van der Waals surface area (Å²) in [5, 5.41) is 5.33. The monoisotopic (exact) mass is 580 g/mol. The molecule has 0 bridgehead atoms. The van der Waals surface area contributed by atoms with Gasteiger partial charge in [0.1, 0.15) is 17.1 Å². The van der Waals surface area contributed by atoms with E-state index < -0.39 is 29.9 Å². The van der Waals surface area contributed by atoms with Gasteiger partial charge in [-0.05, 0) is 60.1 Å². The topological polar surface area (TPSA) is 111 Å². The fraction of sp³-hybridized carbons (Fsp3) is 0.371. The highest BCUT2D eigenvalue weighted by atomic mass is 16.5. The quantitative estimate of drug-likeness (QED) is 0.243. The third-order valence-corrected chi connectivity index (χ3v) is 8.85. The van der Waals surface area contributed by atoms with Crippen LogP contribution in [0.25, 0.3) is 11.1 Å². The van der Waals surface area contributed by atoms with E-state index >= 15 is 0 Å². The van der Waals surface area contributed by atoms with E-state index in [0.717, 1.165) is 86.5 Å². The number of carbonyl (C=O) groups is 4. The summed E-state index contributed by atoms with van der Waals surface area (Å²) in [4.78, 5) is 53.2. The van der Waals surface area contributed by atoms with E-state index in [-0.39, 0.29) is 28.9 Å². The van der Waals surface area contributed by atoms with Crippen molar-refractivity contribution in [3.8, 4) is 22.6 Å². The van der Waals surface area contributed by atoms with Gasteiger partial charge in [-0.15, -0.1) is 0 Å². The van der Waals surface area contributed by atoms with Crippen LogP contribution in [0, 0.1) is 11.8 Å². The minimum Gasteiger partial charge on any atom is -0.425 e. The molecule has 3 amide bonds. The molecule has 8 nitrogen and oxygen atoms in total. The number of carbonyl (C=O) groups excluding carboxylic acids is 4. The van der Waals surface area contributed by atoms with Crippen molar-refractivity contribution >= 4 is 23.9 Å². The first kappa shape index (κ1) is 28.6. The molecule has 0 atom stereocenters. The smallest absolute Gasteiger partial charge is 0.322 e. The second kappa shape index (κ2) is 12.8. The first-order valence-corrected chi connectivity index (χ1v) is 15.4. The van der Waals surface area contributed by atoms with E-state index in [2.05, 4.69) is 10.6 Å². The molecule has 0 spiro atoms. The predicted molar refractivity (Wildman–Crippen MR) is 161 cm³/mol. The van der Waals surface area contributed by atoms with Gasteiger partial charge in [0.25, 0.3) is 5.91 Å². The molecule has 0 radical (unpaired) electrons. The van der Waals surface area contributed by atoms with Crippen LogP contribution in [-0.4, -0.2) is 23.9 Å². The molecule has 3 aromatic rings. The molecule has 3 aromatic carbocycles. The third kappa shape index (κ3) is 6.19. The normalized spacial score (nSPS) is 16.9. The maximum Gasteiger partial charge on any atom is 0.322 e. The molecule has 0 aliphatic heterocycles. The van der Waals surface area contributed by atoms with Gasteiger partial charge in [0.15, 0.2) is 0 Å². The number of hydrogen-bond acceptors (Lipinski definition) is 6. The number of ether oxygens (including phenoxy) is 2. The lowest BCUT2D eigenvalue weighted by Crippen LogP contribution is -2.41. The molecule has 3 aliphatic carbocycles. The van der Waals surface area contributed by atoms with E-state index in [1.165, 1.54) is 12.1 Å². The largest absolute Gasteiger partial charge is 0.425 e. The van der Waals surface area contributed by atoms with Crippen LogP contribution >= 0.6 is 0 Å². The molecule has 2 saturated carbocycles. The van der Waals surface area contributed by atoms with E-state index in [1.54, 1.807) is 6.07 Å². The van der Waals surface area contributed by atoms with Crippen molar-refractivity contribution in [1.82, 2.24) is 10.6 Å². The van der Waals surface area contributed by atoms with E-state index in [4.69, 9.17) is 9.47 Å². The molecular weight excluding hydrogens is 544 g/mol. The zero-order chi connectivity index (χ0) is 29.8. The molecule has 0 unspecified atom stereocenters. The standard InChI is InChI=1S/C35H36N2O6/c38-32(37-35(41)36-31-26-18-9-7-16-24(26)25-17-8-10-19-27(25)31)30-28(42-33(39)22-12-3-1-4-13-22)20-11-21-29(30)43-34(40)23-14-5-2-6-15-23/h7-11,16-23,31H,1-6,12-15H2,(H2,36,37,38,41). The summed E-state index contributed by atoms with van der Waals surface area (Å²) in [5.41, 5.74) is 3.74. The van der Waals surface area contributed by atoms with Crippen LogP contribution in [-0.2, 0) is 9.59 Å². The zero-order valence-corrected chi connectivity index (χ0v) is 24.1. The van der Waals surface area contributed by atoms with Crippen molar-refractivity contribution in [2.24, 2.45) is 11.8 Å². The van der Waals surface area contributed by atoms with Gasteiger partial charge in [-0.2, -0.15) is 0 Å². The second-order valence-electron chi connectivity index (χ2n) is 11.7. The summed E-state index contributed by atoms with van der Waals surface area (Å²) in [6, 6.07) is 19.0. The average Bonchev–Trinajstić information content (AvgIpc) is 3.35. The lowest BCUT2D eigenvalue weighted by Gasteiger charge is -2.22. The Bertz CT molecular complexity index is 1440. The molecule has 3 aliphatic rings. The van der Waals surface area contributed by atoms with Gasteiger partial charge in [0.05, 0.1) is 17.9 Å². The Morgan fingerprint density at radius 2 is 1.05 bits per heavy atom. The summed E-state index contributed by atoms with van der Waals surface area (Å²) in [6.45, 7) is 0. The number of amides is 3. The van der Waals surface area contributed by atoms with E-state index in [0.29, 0.717) is 0 Å². The zero-order valence-electron chi connectivity index (χ0n) is 24.1. The van der Waals surface area contributed by atoms with Crippen molar-refractivity contribution in [3.63, 3.8) is 0 Å². The highest BCUT2D eigenvalue weighted by Crippen LogP contribution is 2.43. The van der Waals surface area contributed by atoms with E-state index in [1.807, 2.05) is 48.5 Å². The number of fused-ring (bicyclic) bond motifs is 3. The van der Waals surface area contributed by atoms with E-state index in [9.17, 15) is 19.2 Å². The number of imide groups is 1. The summed E-state index contributed by atoms with van der Waals surface area (Å²) < 4.78 is 11.5. The van der Waals surface area contributed by atoms with Crippen LogP contribution in [0.4, 0.5) is 4.79 Å². The number of nitrogens with one attached hydrogen (secondary N) is 2. The molecule has 2 N–H and O–H groups in total. The number of benzene rings is 3. The molecule has 6 rings (SSSR count). The SMILES string of the molecule is O=C(NC(=O)c1c(OC(=O)C2CCCCC2)cccc1OC(=O)C1CCCCC1)NC1c2ccccc2-c2ccccc21. The van der Waals surface area contributed by atoms with Crippen molar-refractivity contribution in [3.05, 3.63) is 83.4 Å². The highest BCUT2D eigenvalue weighted by molar-refractivity contribution is 6.08. The van der Waals surface area contributed by atoms with Crippen LogP contribution in [0.15, 0.2) is 66.7 Å². The summed E-state index contributed by atoms with van der Waals surface area (Å²) in [5.74, 6) is -2.26.